The fourth-order valence-electron chi connectivity index (χ4n) is 2.91. The van der Waals surface area contributed by atoms with Crippen LogP contribution in [-0.2, 0) is 0 Å². The van der Waals surface area contributed by atoms with Gasteiger partial charge in [0.2, 0.25) is 17.8 Å². The number of aliphatic hydroxyl groups excluding tert-OH is 2. The minimum absolute atomic E-state index is 0.144. The molecular formula is C18H26N6O3. The third-order valence-electron chi connectivity index (χ3n) is 4.38. The number of rotatable bonds is 9. The second kappa shape index (κ2) is 9.33. The molecule has 1 heterocycles. The highest BCUT2D eigenvalue weighted by Gasteiger charge is 2.17. The van der Waals surface area contributed by atoms with Crippen molar-refractivity contribution in [1.29, 1.82) is 0 Å². The number of benzene rings is 1. The number of hydrogen-bond acceptors (Lipinski definition) is 9. The fourth-order valence-corrected chi connectivity index (χ4v) is 2.91. The van der Waals surface area contributed by atoms with Gasteiger partial charge >= 0.3 is 0 Å². The van der Waals surface area contributed by atoms with Crippen LogP contribution in [0, 0.1) is 0 Å². The molecule has 27 heavy (non-hydrogen) atoms. The van der Waals surface area contributed by atoms with Crippen LogP contribution in [-0.4, -0.2) is 57.6 Å². The smallest absolute Gasteiger partial charge is 0.233 e. The summed E-state index contributed by atoms with van der Waals surface area (Å²) in [6.07, 6.45) is 3.71. The number of anilines is 4. The van der Waals surface area contributed by atoms with Crippen molar-refractivity contribution >= 4 is 23.5 Å². The molecule has 0 radical (unpaired) electrons. The highest BCUT2D eigenvalue weighted by molar-refractivity contribution is 5.56. The van der Waals surface area contributed by atoms with Gasteiger partial charge in [-0.05, 0) is 37.1 Å². The normalized spacial score (nSPS) is 15.4. The number of ether oxygens (including phenoxy) is 1. The van der Waals surface area contributed by atoms with Crippen LogP contribution >= 0.6 is 0 Å². The number of nitrogens with one attached hydrogen (secondary N) is 3. The quantitative estimate of drug-likeness (QED) is 0.446. The first-order valence-corrected chi connectivity index (χ1v) is 9.13. The lowest BCUT2D eigenvalue weighted by atomic mass is 10.2. The van der Waals surface area contributed by atoms with E-state index in [9.17, 15) is 5.11 Å². The predicted molar refractivity (Wildman–Crippen MR) is 104 cm³/mol. The Morgan fingerprint density at radius 3 is 2.41 bits per heavy atom. The second-order valence-corrected chi connectivity index (χ2v) is 6.50. The van der Waals surface area contributed by atoms with Crippen LogP contribution in [0.4, 0.5) is 23.5 Å². The van der Waals surface area contributed by atoms with Crippen LogP contribution in [0.15, 0.2) is 24.3 Å². The Hall–Kier alpha value is -2.65. The average molecular weight is 374 g/mol. The Kier molecular flexibility index (Phi) is 6.61. The molecule has 5 N–H and O–H groups in total. The summed E-state index contributed by atoms with van der Waals surface area (Å²) in [5.74, 6) is 1.96. The summed E-state index contributed by atoms with van der Waals surface area (Å²) in [6, 6.07) is 7.79. The molecule has 146 valence electrons. The zero-order chi connectivity index (χ0) is 19.1. The highest BCUT2D eigenvalue weighted by Crippen LogP contribution is 2.23. The Balaban J connectivity index is 1.76. The fraction of sp³-hybridized carbons (Fsp3) is 0.500. The summed E-state index contributed by atoms with van der Waals surface area (Å²) in [5, 5.41) is 28.0. The first-order chi connectivity index (χ1) is 13.2. The summed E-state index contributed by atoms with van der Waals surface area (Å²) in [6.45, 7) is -0.187. The lowest BCUT2D eigenvalue weighted by Crippen LogP contribution is -2.24. The molecule has 1 aromatic heterocycles. The molecular weight excluding hydrogens is 348 g/mol. The standard InChI is InChI=1S/C18H26N6O3/c1-27-15-8-6-13(7-9-15)21-18-23-16(19-10-14(26)11-25)22-17(24-18)20-12-4-2-3-5-12/h6-9,12,14,25-26H,2-5,10-11H2,1H3,(H3,19,20,21,22,23,24). The van der Waals surface area contributed by atoms with Crippen molar-refractivity contribution in [2.45, 2.75) is 37.8 Å². The number of aromatic nitrogens is 3. The first-order valence-electron chi connectivity index (χ1n) is 9.13. The lowest BCUT2D eigenvalue weighted by molar-refractivity contribution is 0.105. The van der Waals surface area contributed by atoms with Crippen LogP contribution in [0.5, 0.6) is 5.75 Å². The van der Waals surface area contributed by atoms with E-state index in [2.05, 4.69) is 30.9 Å². The number of methoxy groups -OCH3 is 1. The first kappa shape index (κ1) is 19.1. The van der Waals surface area contributed by atoms with E-state index in [0.717, 1.165) is 24.3 Å². The van der Waals surface area contributed by atoms with E-state index in [1.807, 2.05) is 24.3 Å². The van der Waals surface area contributed by atoms with Gasteiger partial charge in [-0.2, -0.15) is 15.0 Å². The Labute approximate surface area is 158 Å². The van der Waals surface area contributed by atoms with Gasteiger partial charge in [-0.25, -0.2) is 0 Å². The van der Waals surface area contributed by atoms with Gasteiger partial charge in [0.25, 0.3) is 0 Å². The summed E-state index contributed by atoms with van der Waals surface area (Å²) in [5.41, 5.74) is 0.815. The molecule has 0 bridgehead atoms. The molecule has 3 rings (SSSR count). The van der Waals surface area contributed by atoms with Crippen LogP contribution in [0.2, 0.25) is 0 Å². The summed E-state index contributed by atoms with van der Waals surface area (Å²) >= 11 is 0. The van der Waals surface area contributed by atoms with Crippen LogP contribution < -0.4 is 20.7 Å². The number of aliphatic hydroxyl groups is 2. The van der Waals surface area contributed by atoms with Crippen molar-refractivity contribution < 1.29 is 14.9 Å². The van der Waals surface area contributed by atoms with E-state index in [-0.39, 0.29) is 13.2 Å². The van der Waals surface area contributed by atoms with Crippen molar-refractivity contribution in [1.82, 2.24) is 15.0 Å². The topological polar surface area (TPSA) is 124 Å². The molecule has 9 nitrogen and oxygen atoms in total. The maximum Gasteiger partial charge on any atom is 0.233 e. The van der Waals surface area contributed by atoms with Gasteiger partial charge in [0.15, 0.2) is 0 Å². The van der Waals surface area contributed by atoms with Crippen molar-refractivity contribution in [2.75, 3.05) is 36.2 Å². The van der Waals surface area contributed by atoms with E-state index >= 15 is 0 Å². The van der Waals surface area contributed by atoms with E-state index in [1.54, 1.807) is 7.11 Å². The summed E-state index contributed by atoms with van der Waals surface area (Å²) in [4.78, 5) is 13.2. The Morgan fingerprint density at radius 1 is 1.07 bits per heavy atom. The monoisotopic (exact) mass is 374 g/mol. The SMILES string of the molecule is COc1ccc(Nc2nc(NCC(O)CO)nc(NC3CCCC3)n2)cc1. The summed E-state index contributed by atoms with van der Waals surface area (Å²) in [7, 11) is 1.62. The highest BCUT2D eigenvalue weighted by atomic mass is 16.5. The van der Waals surface area contributed by atoms with Crippen LogP contribution in [0.3, 0.4) is 0 Å². The van der Waals surface area contributed by atoms with E-state index in [4.69, 9.17) is 9.84 Å². The van der Waals surface area contributed by atoms with Gasteiger partial charge in [-0.15, -0.1) is 0 Å². The lowest BCUT2D eigenvalue weighted by Gasteiger charge is -2.15. The number of nitrogens with zero attached hydrogens (tertiary/aromatic N) is 3. The van der Waals surface area contributed by atoms with E-state index in [0.29, 0.717) is 23.9 Å². The third-order valence-corrected chi connectivity index (χ3v) is 4.38. The van der Waals surface area contributed by atoms with E-state index < -0.39 is 6.10 Å². The van der Waals surface area contributed by atoms with Crippen molar-refractivity contribution in [3.8, 4) is 5.75 Å². The molecule has 0 spiro atoms. The molecule has 1 aliphatic rings. The van der Waals surface area contributed by atoms with Gasteiger partial charge in [-0.3, -0.25) is 0 Å². The van der Waals surface area contributed by atoms with Gasteiger partial charge < -0.3 is 30.9 Å². The van der Waals surface area contributed by atoms with Gasteiger partial charge in [0.05, 0.1) is 19.8 Å². The molecule has 1 fully saturated rings. The van der Waals surface area contributed by atoms with Crippen LogP contribution in [0.25, 0.3) is 0 Å². The van der Waals surface area contributed by atoms with Crippen LogP contribution in [0.1, 0.15) is 25.7 Å². The Morgan fingerprint density at radius 2 is 1.74 bits per heavy atom. The molecule has 0 saturated heterocycles. The van der Waals surface area contributed by atoms with Crippen molar-refractivity contribution in [3.05, 3.63) is 24.3 Å². The third kappa shape index (κ3) is 5.66. The molecule has 1 aliphatic carbocycles. The molecule has 1 atom stereocenters. The minimum atomic E-state index is -0.883. The largest absolute Gasteiger partial charge is 0.497 e. The second-order valence-electron chi connectivity index (χ2n) is 6.50. The van der Waals surface area contributed by atoms with Gasteiger partial charge in [0.1, 0.15) is 5.75 Å². The van der Waals surface area contributed by atoms with Gasteiger partial charge in [-0.1, -0.05) is 12.8 Å². The van der Waals surface area contributed by atoms with Gasteiger partial charge in [0, 0.05) is 18.3 Å². The minimum Gasteiger partial charge on any atom is -0.497 e. The average Bonchev–Trinajstić information content (AvgIpc) is 3.19. The molecule has 1 saturated carbocycles. The molecule has 1 unspecified atom stereocenters. The Bertz CT molecular complexity index is 722. The molecule has 9 heteroatoms. The molecule has 0 aliphatic heterocycles. The zero-order valence-corrected chi connectivity index (χ0v) is 15.4. The summed E-state index contributed by atoms with van der Waals surface area (Å²) < 4.78 is 5.16. The van der Waals surface area contributed by atoms with Crippen molar-refractivity contribution in [2.24, 2.45) is 0 Å². The predicted octanol–water partition coefficient (Wildman–Crippen LogP) is 1.74. The molecule has 1 aromatic carbocycles. The zero-order valence-electron chi connectivity index (χ0n) is 15.4. The maximum absolute atomic E-state index is 9.55. The van der Waals surface area contributed by atoms with Crippen molar-refractivity contribution in [3.63, 3.8) is 0 Å². The number of hydrogen-bond donors (Lipinski definition) is 5. The van der Waals surface area contributed by atoms with E-state index in [1.165, 1.54) is 12.8 Å². The maximum atomic E-state index is 9.55. The molecule has 2 aromatic rings. The molecule has 0 amide bonds.